The summed E-state index contributed by atoms with van der Waals surface area (Å²) < 4.78 is 4.82. The molecule has 19 heavy (non-hydrogen) atoms. The van der Waals surface area contributed by atoms with Gasteiger partial charge in [0.15, 0.2) is 0 Å². The number of hydrogen-bond donors (Lipinski definition) is 0. The fraction of sp³-hybridized carbons (Fsp3) is 0.235. The molecule has 0 saturated heterocycles. The number of ether oxygens (including phenoxy) is 1. The van der Waals surface area contributed by atoms with E-state index in [1.165, 1.54) is 0 Å². The molecular formula is C17H16O2. The summed E-state index contributed by atoms with van der Waals surface area (Å²) in [7, 11) is 0. The van der Waals surface area contributed by atoms with Crippen molar-refractivity contribution in [3.05, 3.63) is 47.5 Å². The minimum absolute atomic E-state index is 0.279. The van der Waals surface area contributed by atoms with Crippen LogP contribution in [0, 0.1) is 24.2 Å². The van der Waals surface area contributed by atoms with Crippen LogP contribution in [0.4, 0.5) is 0 Å². The molecule has 0 amide bonds. The van der Waals surface area contributed by atoms with Crippen LogP contribution >= 0.6 is 0 Å². The monoisotopic (exact) mass is 252 g/mol. The van der Waals surface area contributed by atoms with E-state index in [4.69, 9.17) is 11.2 Å². The maximum absolute atomic E-state index is 10.8. The SMILES string of the molecule is C#Cc1ccc(C#CCCOC(=O)C=C)cc1CC. The molecule has 1 rings (SSSR count). The van der Waals surface area contributed by atoms with Crippen molar-refractivity contribution in [3.8, 4) is 24.2 Å². The van der Waals surface area contributed by atoms with Gasteiger partial charge in [-0.05, 0) is 30.2 Å². The molecule has 0 aliphatic heterocycles. The summed E-state index contributed by atoms with van der Waals surface area (Å²) in [5, 5.41) is 0. The maximum Gasteiger partial charge on any atom is 0.330 e. The largest absolute Gasteiger partial charge is 0.462 e. The van der Waals surface area contributed by atoms with E-state index in [0.29, 0.717) is 6.42 Å². The van der Waals surface area contributed by atoms with Gasteiger partial charge in [-0.2, -0.15) is 0 Å². The van der Waals surface area contributed by atoms with Gasteiger partial charge in [0.25, 0.3) is 0 Å². The number of esters is 1. The lowest BCUT2D eigenvalue weighted by atomic mass is 10.0. The van der Waals surface area contributed by atoms with Gasteiger partial charge < -0.3 is 4.74 Å². The van der Waals surface area contributed by atoms with Crippen LogP contribution < -0.4 is 0 Å². The van der Waals surface area contributed by atoms with Crippen molar-refractivity contribution in [2.45, 2.75) is 19.8 Å². The van der Waals surface area contributed by atoms with Crippen LogP contribution in [0.5, 0.6) is 0 Å². The predicted octanol–water partition coefficient (Wildman–Crippen LogP) is 2.70. The molecule has 1 aromatic rings. The van der Waals surface area contributed by atoms with E-state index >= 15 is 0 Å². The molecule has 0 heterocycles. The Morgan fingerprint density at radius 1 is 1.53 bits per heavy atom. The molecule has 2 heteroatoms. The average Bonchev–Trinajstić information content (AvgIpc) is 2.46. The molecule has 0 bridgehead atoms. The van der Waals surface area contributed by atoms with Crippen LogP contribution in [0.25, 0.3) is 0 Å². The summed E-state index contributed by atoms with van der Waals surface area (Å²) in [5.41, 5.74) is 2.95. The number of hydrogen-bond acceptors (Lipinski definition) is 2. The minimum Gasteiger partial charge on any atom is -0.462 e. The highest BCUT2D eigenvalue weighted by molar-refractivity contribution is 5.81. The lowest BCUT2D eigenvalue weighted by Crippen LogP contribution is -2.00. The van der Waals surface area contributed by atoms with Crippen LogP contribution in [0.15, 0.2) is 30.9 Å². The molecule has 0 fully saturated rings. The van der Waals surface area contributed by atoms with Crippen molar-refractivity contribution in [1.82, 2.24) is 0 Å². The van der Waals surface area contributed by atoms with Crippen LogP contribution in [0.3, 0.4) is 0 Å². The number of aryl methyl sites for hydroxylation is 1. The Morgan fingerprint density at radius 3 is 2.95 bits per heavy atom. The summed E-state index contributed by atoms with van der Waals surface area (Å²) in [6.07, 6.45) is 7.93. The topological polar surface area (TPSA) is 26.3 Å². The summed E-state index contributed by atoms with van der Waals surface area (Å²) in [5.74, 6) is 8.21. The summed E-state index contributed by atoms with van der Waals surface area (Å²) in [4.78, 5) is 10.8. The molecule has 0 saturated carbocycles. The first-order valence-corrected chi connectivity index (χ1v) is 6.08. The second kappa shape index (κ2) is 7.80. The highest BCUT2D eigenvalue weighted by Crippen LogP contribution is 2.11. The van der Waals surface area contributed by atoms with Gasteiger partial charge in [0.2, 0.25) is 0 Å². The highest BCUT2D eigenvalue weighted by atomic mass is 16.5. The van der Waals surface area contributed by atoms with E-state index in [1.807, 2.05) is 18.2 Å². The maximum atomic E-state index is 10.8. The molecule has 0 N–H and O–H groups in total. The molecular weight excluding hydrogens is 236 g/mol. The highest BCUT2D eigenvalue weighted by Gasteiger charge is 1.98. The Bertz CT molecular complexity index is 565. The van der Waals surface area contributed by atoms with Gasteiger partial charge >= 0.3 is 5.97 Å². The zero-order chi connectivity index (χ0) is 14.1. The van der Waals surface area contributed by atoms with Gasteiger partial charge in [0.1, 0.15) is 6.61 Å². The number of benzene rings is 1. The standard InChI is InChI=1S/C17H16O2/c1-4-15-11-10-14(13-16(15)5-2)9-7-8-12-19-17(18)6-3/h1,6,10-11,13H,3,5,8,12H2,2H3. The molecule has 0 atom stereocenters. The van der Waals surface area contributed by atoms with Crippen LogP contribution in [-0.2, 0) is 16.0 Å². The van der Waals surface area contributed by atoms with Gasteiger partial charge in [-0.1, -0.05) is 31.3 Å². The second-order valence-corrected chi connectivity index (χ2v) is 3.79. The zero-order valence-electron chi connectivity index (χ0n) is 11.0. The number of rotatable bonds is 4. The van der Waals surface area contributed by atoms with Crippen molar-refractivity contribution < 1.29 is 9.53 Å². The first-order valence-electron chi connectivity index (χ1n) is 6.08. The number of carbonyl (C=O) groups is 1. The van der Waals surface area contributed by atoms with E-state index in [9.17, 15) is 4.79 Å². The first kappa shape index (κ1) is 14.6. The third-order valence-electron chi connectivity index (χ3n) is 2.51. The van der Waals surface area contributed by atoms with E-state index < -0.39 is 5.97 Å². The molecule has 0 spiro atoms. The summed E-state index contributed by atoms with van der Waals surface area (Å²) >= 11 is 0. The van der Waals surface area contributed by atoms with E-state index in [0.717, 1.165) is 29.2 Å². The minimum atomic E-state index is -0.423. The molecule has 96 valence electrons. The van der Waals surface area contributed by atoms with Crippen molar-refractivity contribution in [2.75, 3.05) is 6.61 Å². The number of terminal acetylenes is 1. The number of carbonyl (C=O) groups excluding carboxylic acids is 1. The Hall–Kier alpha value is -2.45. The van der Waals surface area contributed by atoms with Gasteiger partial charge in [-0.3, -0.25) is 0 Å². The fourth-order valence-electron chi connectivity index (χ4n) is 1.53. The van der Waals surface area contributed by atoms with Crippen LogP contribution in [0.1, 0.15) is 30.0 Å². The fourth-order valence-corrected chi connectivity index (χ4v) is 1.53. The van der Waals surface area contributed by atoms with Gasteiger partial charge in [-0.15, -0.1) is 6.42 Å². The second-order valence-electron chi connectivity index (χ2n) is 3.79. The van der Waals surface area contributed by atoms with Gasteiger partial charge in [0.05, 0.1) is 0 Å². The zero-order valence-corrected chi connectivity index (χ0v) is 11.0. The Labute approximate surface area is 114 Å². The Balaban J connectivity index is 2.61. The molecule has 2 nitrogen and oxygen atoms in total. The third-order valence-corrected chi connectivity index (χ3v) is 2.51. The van der Waals surface area contributed by atoms with E-state index in [-0.39, 0.29) is 6.61 Å². The lowest BCUT2D eigenvalue weighted by molar-refractivity contribution is -0.137. The first-order chi connectivity index (χ1) is 9.21. The van der Waals surface area contributed by atoms with Gasteiger partial charge in [-0.25, -0.2) is 4.79 Å². The molecule has 0 radical (unpaired) electrons. The Morgan fingerprint density at radius 2 is 2.32 bits per heavy atom. The molecule has 0 aliphatic carbocycles. The Kier molecular flexibility index (Phi) is 5.99. The lowest BCUT2D eigenvalue weighted by Gasteiger charge is -2.01. The summed E-state index contributed by atoms with van der Waals surface area (Å²) in [6, 6.07) is 5.80. The predicted molar refractivity (Wildman–Crippen MR) is 76.4 cm³/mol. The molecule has 0 unspecified atom stereocenters. The van der Waals surface area contributed by atoms with Crippen LogP contribution in [-0.4, -0.2) is 12.6 Å². The van der Waals surface area contributed by atoms with Crippen molar-refractivity contribution in [3.63, 3.8) is 0 Å². The third kappa shape index (κ3) is 4.74. The average molecular weight is 252 g/mol. The van der Waals surface area contributed by atoms with Gasteiger partial charge in [0, 0.05) is 23.6 Å². The van der Waals surface area contributed by atoms with E-state index in [2.05, 4.69) is 31.3 Å². The van der Waals surface area contributed by atoms with Crippen LogP contribution in [0.2, 0.25) is 0 Å². The van der Waals surface area contributed by atoms with Crippen molar-refractivity contribution in [1.29, 1.82) is 0 Å². The normalized spacial score (nSPS) is 8.84. The molecule has 0 aliphatic rings. The smallest absolute Gasteiger partial charge is 0.330 e. The quantitative estimate of drug-likeness (QED) is 0.356. The van der Waals surface area contributed by atoms with Crippen molar-refractivity contribution >= 4 is 5.97 Å². The van der Waals surface area contributed by atoms with E-state index in [1.54, 1.807) is 0 Å². The summed E-state index contributed by atoms with van der Waals surface area (Å²) in [6.45, 7) is 5.65. The molecule has 0 aromatic heterocycles. The molecule has 1 aromatic carbocycles. The van der Waals surface area contributed by atoms with Crippen molar-refractivity contribution in [2.24, 2.45) is 0 Å².